The Morgan fingerprint density at radius 1 is 1.12 bits per heavy atom. The first-order valence-electron chi connectivity index (χ1n) is 8.95. The SMILES string of the molecule is CC(C)C1=CC(=O)[C@]2(C)CC[C@@]3(C)C(=O)C=C(CO)[C@H](O)C[C@@H]3[C@H]12. The van der Waals surface area contributed by atoms with Gasteiger partial charge in [0.1, 0.15) is 0 Å². The molecular formula is C20H28O4. The van der Waals surface area contributed by atoms with Crippen LogP contribution in [0.5, 0.6) is 0 Å². The smallest absolute Gasteiger partial charge is 0.162 e. The third-order valence-electron chi connectivity index (χ3n) is 6.92. The van der Waals surface area contributed by atoms with Crippen LogP contribution in [0.3, 0.4) is 0 Å². The molecule has 1 fully saturated rings. The van der Waals surface area contributed by atoms with E-state index < -0.39 is 16.9 Å². The van der Waals surface area contributed by atoms with Crippen LogP contribution in [0.1, 0.15) is 47.0 Å². The number of hydrogen-bond donors (Lipinski definition) is 2. The molecule has 0 heterocycles. The molecular weight excluding hydrogens is 304 g/mol. The molecule has 3 aliphatic carbocycles. The van der Waals surface area contributed by atoms with E-state index >= 15 is 0 Å². The topological polar surface area (TPSA) is 74.6 Å². The minimum atomic E-state index is -0.822. The van der Waals surface area contributed by atoms with Crippen LogP contribution < -0.4 is 0 Å². The number of aliphatic hydroxyl groups excluding tert-OH is 2. The van der Waals surface area contributed by atoms with Crippen LogP contribution in [0.25, 0.3) is 0 Å². The summed E-state index contributed by atoms with van der Waals surface area (Å²) in [6.45, 7) is 7.87. The highest BCUT2D eigenvalue weighted by molar-refractivity contribution is 6.00. The molecule has 0 unspecified atom stereocenters. The quantitative estimate of drug-likeness (QED) is 0.814. The first kappa shape index (κ1) is 17.6. The Hall–Kier alpha value is -1.26. The van der Waals surface area contributed by atoms with Gasteiger partial charge in [0.2, 0.25) is 0 Å². The number of ketones is 2. The molecule has 0 amide bonds. The van der Waals surface area contributed by atoms with Crippen LogP contribution in [-0.4, -0.2) is 34.5 Å². The summed E-state index contributed by atoms with van der Waals surface area (Å²) in [6.07, 6.45) is 4.19. The summed E-state index contributed by atoms with van der Waals surface area (Å²) in [5.41, 5.74) is 0.469. The van der Waals surface area contributed by atoms with Gasteiger partial charge < -0.3 is 10.2 Å². The van der Waals surface area contributed by atoms with Crippen molar-refractivity contribution in [2.24, 2.45) is 28.6 Å². The molecule has 1 saturated carbocycles. The lowest BCUT2D eigenvalue weighted by Crippen LogP contribution is -2.51. The number of carbonyl (C=O) groups excluding carboxylic acids is 2. The fourth-order valence-corrected chi connectivity index (χ4v) is 5.16. The van der Waals surface area contributed by atoms with E-state index in [0.717, 1.165) is 5.57 Å². The molecule has 3 aliphatic rings. The molecule has 0 aliphatic heterocycles. The number of aliphatic hydroxyl groups is 2. The molecule has 3 rings (SSSR count). The van der Waals surface area contributed by atoms with Gasteiger partial charge in [0.15, 0.2) is 11.6 Å². The van der Waals surface area contributed by atoms with Gasteiger partial charge in [0, 0.05) is 10.8 Å². The van der Waals surface area contributed by atoms with Crippen LogP contribution >= 0.6 is 0 Å². The van der Waals surface area contributed by atoms with Gasteiger partial charge >= 0.3 is 0 Å². The molecule has 0 saturated heterocycles. The van der Waals surface area contributed by atoms with E-state index in [9.17, 15) is 19.8 Å². The van der Waals surface area contributed by atoms with E-state index in [1.54, 1.807) is 6.08 Å². The van der Waals surface area contributed by atoms with Gasteiger partial charge in [-0.05, 0) is 54.7 Å². The number of rotatable bonds is 2. The van der Waals surface area contributed by atoms with Crippen molar-refractivity contribution >= 4 is 11.6 Å². The molecule has 24 heavy (non-hydrogen) atoms. The molecule has 4 nitrogen and oxygen atoms in total. The van der Waals surface area contributed by atoms with Crippen molar-refractivity contribution in [1.29, 1.82) is 0 Å². The highest BCUT2D eigenvalue weighted by atomic mass is 16.3. The van der Waals surface area contributed by atoms with E-state index in [1.807, 2.05) is 13.8 Å². The average molecular weight is 332 g/mol. The molecule has 4 heteroatoms. The van der Waals surface area contributed by atoms with E-state index in [2.05, 4.69) is 13.8 Å². The second kappa shape index (κ2) is 5.63. The minimum absolute atomic E-state index is 0.00575. The number of allylic oxidation sites excluding steroid dienone is 3. The van der Waals surface area contributed by atoms with Gasteiger partial charge in [-0.1, -0.05) is 33.3 Å². The van der Waals surface area contributed by atoms with Gasteiger partial charge in [-0.2, -0.15) is 0 Å². The highest BCUT2D eigenvalue weighted by Crippen LogP contribution is 2.61. The molecule has 0 aromatic carbocycles. The zero-order valence-electron chi connectivity index (χ0n) is 15.0. The molecule has 0 aromatic heterocycles. The van der Waals surface area contributed by atoms with Crippen LogP contribution in [0.4, 0.5) is 0 Å². The van der Waals surface area contributed by atoms with Gasteiger partial charge in [-0.25, -0.2) is 0 Å². The summed E-state index contributed by atoms with van der Waals surface area (Å²) in [7, 11) is 0. The van der Waals surface area contributed by atoms with Crippen molar-refractivity contribution < 1.29 is 19.8 Å². The zero-order valence-corrected chi connectivity index (χ0v) is 15.0. The van der Waals surface area contributed by atoms with Crippen molar-refractivity contribution in [3.8, 4) is 0 Å². The normalized spacial score (nSPS) is 42.4. The van der Waals surface area contributed by atoms with Crippen LogP contribution in [-0.2, 0) is 9.59 Å². The Bertz CT molecular complexity index is 644. The summed E-state index contributed by atoms with van der Waals surface area (Å²) in [5.74, 6) is 0.300. The predicted octanol–water partition coefficient (Wildman–Crippen LogP) is 2.44. The van der Waals surface area contributed by atoms with Crippen molar-refractivity contribution in [3.05, 3.63) is 23.3 Å². The Labute approximate surface area is 143 Å². The minimum Gasteiger partial charge on any atom is -0.392 e. The lowest BCUT2D eigenvalue weighted by atomic mass is 9.50. The number of carbonyl (C=O) groups is 2. The molecule has 0 radical (unpaired) electrons. The van der Waals surface area contributed by atoms with Crippen molar-refractivity contribution in [2.45, 2.75) is 53.1 Å². The Balaban J connectivity index is 2.11. The number of hydrogen-bond acceptors (Lipinski definition) is 4. The standard InChI is InChI=1S/C20H28O4/c1-11(2)13-8-17(24)20(4)6-5-19(3)14(18(13)20)9-15(22)12(10-21)7-16(19)23/h7-8,11,14-15,18,21-22H,5-6,9-10H2,1-4H3/t14-,15-,18+,19-,20+/m1/s1. The Kier molecular flexibility index (Phi) is 4.12. The predicted molar refractivity (Wildman–Crippen MR) is 91.2 cm³/mol. The second-order valence-corrected chi connectivity index (χ2v) is 8.58. The van der Waals surface area contributed by atoms with Gasteiger partial charge in [0.05, 0.1) is 12.7 Å². The monoisotopic (exact) mass is 332 g/mol. The number of fused-ring (bicyclic) bond motifs is 3. The van der Waals surface area contributed by atoms with Gasteiger partial charge in [-0.3, -0.25) is 9.59 Å². The van der Waals surface area contributed by atoms with Gasteiger partial charge in [-0.15, -0.1) is 0 Å². The lowest BCUT2D eigenvalue weighted by molar-refractivity contribution is -0.141. The molecule has 5 atom stereocenters. The maximum Gasteiger partial charge on any atom is 0.162 e. The molecule has 0 bridgehead atoms. The maximum atomic E-state index is 12.9. The Morgan fingerprint density at radius 3 is 2.29 bits per heavy atom. The highest BCUT2D eigenvalue weighted by Gasteiger charge is 2.60. The summed E-state index contributed by atoms with van der Waals surface area (Å²) in [5, 5.41) is 20.0. The largest absolute Gasteiger partial charge is 0.392 e. The summed E-state index contributed by atoms with van der Waals surface area (Å²) in [4.78, 5) is 25.6. The van der Waals surface area contributed by atoms with Crippen LogP contribution in [0.15, 0.2) is 23.3 Å². The summed E-state index contributed by atoms with van der Waals surface area (Å²) >= 11 is 0. The molecule has 0 aromatic rings. The third-order valence-corrected chi connectivity index (χ3v) is 6.92. The van der Waals surface area contributed by atoms with Crippen molar-refractivity contribution in [3.63, 3.8) is 0 Å². The van der Waals surface area contributed by atoms with E-state index in [4.69, 9.17) is 0 Å². The van der Waals surface area contributed by atoms with Crippen LogP contribution in [0.2, 0.25) is 0 Å². The second-order valence-electron chi connectivity index (χ2n) is 8.58. The maximum absolute atomic E-state index is 12.9. The third kappa shape index (κ3) is 2.26. The van der Waals surface area contributed by atoms with Crippen LogP contribution in [0, 0.1) is 28.6 Å². The van der Waals surface area contributed by atoms with Crippen molar-refractivity contribution in [1.82, 2.24) is 0 Å². The average Bonchev–Trinajstić information content (AvgIpc) is 2.74. The van der Waals surface area contributed by atoms with E-state index in [1.165, 1.54) is 6.08 Å². The zero-order chi connectivity index (χ0) is 17.9. The lowest BCUT2D eigenvalue weighted by Gasteiger charge is -2.51. The summed E-state index contributed by atoms with van der Waals surface area (Å²) < 4.78 is 0. The molecule has 132 valence electrons. The first-order chi connectivity index (χ1) is 11.1. The van der Waals surface area contributed by atoms with E-state index in [0.29, 0.717) is 24.8 Å². The molecule has 2 N–H and O–H groups in total. The van der Waals surface area contributed by atoms with Gasteiger partial charge in [0.25, 0.3) is 0 Å². The van der Waals surface area contributed by atoms with E-state index in [-0.39, 0.29) is 35.9 Å². The molecule has 0 spiro atoms. The fourth-order valence-electron chi connectivity index (χ4n) is 5.16. The van der Waals surface area contributed by atoms with Crippen molar-refractivity contribution in [2.75, 3.05) is 6.61 Å². The first-order valence-corrected chi connectivity index (χ1v) is 8.95. The summed E-state index contributed by atoms with van der Waals surface area (Å²) in [6, 6.07) is 0. The Morgan fingerprint density at radius 2 is 1.71 bits per heavy atom. The fraction of sp³-hybridized carbons (Fsp3) is 0.700.